The van der Waals surface area contributed by atoms with Crippen molar-refractivity contribution in [1.29, 1.82) is 0 Å². The van der Waals surface area contributed by atoms with Crippen LogP contribution in [0.3, 0.4) is 0 Å². The number of anilines is 1. The molecule has 0 spiro atoms. The molecule has 6 aromatic heterocycles. The molecule has 0 aromatic carbocycles. The molecule has 0 unspecified atom stereocenters. The number of nitrogens with zero attached hydrogens (tertiary/aromatic N) is 7. The minimum Gasteiger partial charge on any atom is -0.324 e. The standard InChI is InChI=1S/C25H21N9O2S/c1-32-10-15(8-28-32)19-12-34-25(37-19)21-23(31-34)22-17(30-24(21)36)7-16(9-27-22)29-20(35)13-33-6-4-14-3-2-5-26-18(14)11-33/h2-3,5,7-10,12H,4,6,11,13H2,1H3,(H,29,35)(H,30,36). The smallest absolute Gasteiger partial charge is 0.261 e. The molecule has 7 rings (SSSR count). The van der Waals surface area contributed by atoms with E-state index in [-0.39, 0.29) is 18.0 Å². The van der Waals surface area contributed by atoms with Crippen LogP contribution in [0.2, 0.25) is 0 Å². The number of hydrogen-bond donors (Lipinski definition) is 2. The summed E-state index contributed by atoms with van der Waals surface area (Å²) in [5, 5.41) is 12.3. The van der Waals surface area contributed by atoms with Crippen molar-refractivity contribution in [2.45, 2.75) is 13.0 Å². The molecule has 0 saturated carbocycles. The quantitative estimate of drug-likeness (QED) is 0.373. The van der Waals surface area contributed by atoms with Crippen molar-refractivity contribution in [2.75, 3.05) is 18.4 Å². The van der Waals surface area contributed by atoms with E-state index in [9.17, 15) is 9.59 Å². The number of aryl methyl sites for hydroxylation is 1. The van der Waals surface area contributed by atoms with Gasteiger partial charge in [0, 0.05) is 44.3 Å². The van der Waals surface area contributed by atoms with Gasteiger partial charge >= 0.3 is 0 Å². The van der Waals surface area contributed by atoms with Crippen LogP contribution >= 0.6 is 11.3 Å². The van der Waals surface area contributed by atoms with E-state index >= 15 is 0 Å². The second-order valence-corrected chi connectivity index (χ2v) is 10.2. The Morgan fingerprint density at radius 2 is 2.14 bits per heavy atom. The van der Waals surface area contributed by atoms with E-state index in [0.717, 1.165) is 33.9 Å². The Labute approximate surface area is 213 Å². The fraction of sp³-hybridized carbons (Fsp3) is 0.200. The summed E-state index contributed by atoms with van der Waals surface area (Å²) in [5.74, 6) is -0.144. The van der Waals surface area contributed by atoms with Gasteiger partial charge in [-0.1, -0.05) is 6.07 Å². The van der Waals surface area contributed by atoms with Gasteiger partial charge in [0.15, 0.2) is 0 Å². The summed E-state index contributed by atoms with van der Waals surface area (Å²) >= 11 is 1.48. The van der Waals surface area contributed by atoms with Crippen LogP contribution in [0.15, 0.2) is 54.0 Å². The lowest BCUT2D eigenvalue weighted by atomic mass is 10.1. The van der Waals surface area contributed by atoms with Crippen molar-refractivity contribution in [1.82, 2.24) is 39.2 Å². The topological polar surface area (TPSA) is 126 Å². The maximum absolute atomic E-state index is 13.1. The molecule has 11 nitrogen and oxygen atoms in total. The van der Waals surface area contributed by atoms with Crippen LogP contribution in [-0.4, -0.2) is 58.2 Å². The summed E-state index contributed by atoms with van der Waals surface area (Å²) in [6, 6.07) is 5.75. The van der Waals surface area contributed by atoms with Crippen LogP contribution in [0.5, 0.6) is 0 Å². The Bertz CT molecular complexity index is 1900. The van der Waals surface area contributed by atoms with E-state index in [1.54, 1.807) is 33.9 Å². The molecule has 184 valence electrons. The summed E-state index contributed by atoms with van der Waals surface area (Å²) in [6.07, 6.45) is 9.85. The van der Waals surface area contributed by atoms with Gasteiger partial charge in [-0.3, -0.25) is 29.1 Å². The van der Waals surface area contributed by atoms with Crippen molar-refractivity contribution in [3.8, 4) is 10.4 Å². The molecule has 2 N–H and O–H groups in total. The van der Waals surface area contributed by atoms with Gasteiger partial charge in [0.05, 0.1) is 40.7 Å². The van der Waals surface area contributed by atoms with Crippen LogP contribution in [0.1, 0.15) is 11.3 Å². The van der Waals surface area contributed by atoms with Crippen molar-refractivity contribution in [3.63, 3.8) is 0 Å². The number of rotatable bonds is 4. The van der Waals surface area contributed by atoms with E-state index in [0.29, 0.717) is 34.2 Å². The highest BCUT2D eigenvalue weighted by Crippen LogP contribution is 2.33. The summed E-state index contributed by atoms with van der Waals surface area (Å²) in [4.78, 5) is 41.5. The molecule has 37 heavy (non-hydrogen) atoms. The summed E-state index contributed by atoms with van der Waals surface area (Å²) in [7, 11) is 1.86. The minimum atomic E-state index is -0.248. The van der Waals surface area contributed by atoms with E-state index in [1.807, 2.05) is 25.5 Å². The molecular formula is C25H21N9O2S. The molecule has 0 aliphatic carbocycles. The van der Waals surface area contributed by atoms with Crippen molar-refractivity contribution < 1.29 is 4.79 Å². The molecular weight excluding hydrogens is 490 g/mol. The van der Waals surface area contributed by atoms with Gasteiger partial charge < -0.3 is 10.3 Å². The monoisotopic (exact) mass is 511 g/mol. The van der Waals surface area contributed by atoms with E-state index < -0.39 is 0 Å². The van der Waals surface area contributed by atoms with E-state index in [1.165, 1.54) is 16.9 Å². The molecule has 1 aliphatic heterocycles. The first-order chi connectivity index (χ1) is 18.0. The summed E-state index contributed by atoms with van der Waals surface area (Å²) < 4.78 is 3.45. The number of pyridine rings is 3. The Balaban J connectivity index is 1.15. The summed E-state index contributed by atoms with van der Waals surface area (Å²) in [5.41, 5.74) is 5.11. The van der Waals surface area contributed by atoms with Crippen LogP contribution in [-0.2, 0) is 24.8 Å². The second kappa shape index (κ2) is 8.32. The SMILES string of the molecule is Cn1cc(-c2cn3nc4c5ncc(NC(=O)CN6CCc7cccnc7C6)cc5[nH]c(=O)c4c3s2)cn1. The largest absolute Gasteiger partial charge is 0.324 e. The average Bonchev–Trinajstić information content (AvgIpc) is 3.58. The predicted molar refractivity (Wildman–Crippen MR) is 141 cm³/mol. The number of amides is 1. The maximum atomic E-state index is 13.1. The number of H-pyrrole nitrogens is 1. The Hall–Kier alpha value is -4.42. The first kappa shape index (κ1) is 21.8. The van der Waals surface area contributed by atoms with Crippen molar-refractivity contribution >= 4 is 49.7 Å². The highest BCUT2D eigenvalue weighted by atomic mass is 32.1. The third-order valence-corrected chi connectivity index (χ3v) is 7.74. The average molecular weight is 512 g/mol. The Kier molecular flexibility index (Phi) is 4.91. The zero-order valence-corrected chi connectivity index (χ0v) is 20.6. The van der Waals surface area contributed by atoms with Gasteiger partial charge in [0.25, 0.3) is 5.56 Å². The molecule has 0 atom stereocenters. The normalized spacial score (nSPS) is 14.0. The van der Waals surface area contributed by atoms with E-state index in [2.05, 4.69) is 41.4 Å². The number of carbonyl (C=O) groups is 1. The van der Waals surface area contributed by atoms with Crippen LogP contribution in [0.25, 0.3) is 37.2 Å². The zero-order valence-electron chi connectivity index (χ0n) is 19.8. The number of thiazole rings is 1. The number of fused-ring (bicyclic) bond motifs is 6. The van der Waals surface area contributed by atoms with Gasteiger partial charge in [0.2, 0.25) is 5.91 Å². The second-order valence-electron chi connectivity index (χ2n) is 9.16. The van der Waals surface area contributed by atoms with Crippen molar-refractivity contribution in [2.24, 2.45) is 7.05 Å². The molecule has 6 aromatic rings. The molecule has 0 radical (unpaired) electrons. The Morgan fingerprint density at radius 1 is 1.22 bits per heavy atom. The molecule has 1 aliphatic rings. The van der Waals surface area contributed by atoms with Gasteiger partial charge in [0.1, 0.15) is 21.3 Å². The molecule has 0 bridgehead atoms. The van der Waals surface area contributed by atoms with Crippen molar-refractivity contribution in [3.05, 3.63) is 70.8 Å². The third-order valence-electron chi connectivity index (χ3n) is 6.60. The fourth-order valence-corrected chi connectivity index (χ4v) is 5.91. The van der Waals surface area contributed by atoms with Gasteiger partial charge in [-0.05, 0) is 24.1 Å². The lowest BCUT2D eigenvalue weighted by Crippen LogP contribution is -2.37. The van der Waals surface area contributed by atoms with Gasteiger partial charge in [-0.25, -0.2) is 4.52 Å². The van der Waals surface area contributed by atoms with Crippen LogP contribution < -0.4 is 10.9 Å². The summed E-state index contributed by atoms with van der Waals surface area (Å²) in [6.45, 7) is 1.69. The number of aromatic nitrogens is 7. The highest BCUT2D eigenvalue weighted by molar-refractivity contribution is 7.21. The molecule has 0 saturated heterocycles. The number of hydrogen-bond acceptors (Lipinski definition) is 8. The first-order valence-electron chi connectivity index (χ1n) is 11.8. The predicted octanol–water partition coefficient (Wildman–Crippen LogP) is 2.58. The highest BCUT2D eigenvalue weighted by Gasteiger charge is 2.20. The zero-order chi connectivity index (χ0) is 25.1. The molecule has 1 amide bonds. The lowest BCUT2D eigenvalue weighted by molar-refractivity contribution is -0.117. The minimum absolute atomic E-state index is 0.144. The van der Waals surface area contributed by atoms with Crippen LogP contribution in [0, 0.1) is 0 Å². The number of nitrogens with one attached hydrogen (secondary N) is 2. The first-order valence-corrected chi connectivity index (χ1v) is 12.6. The maximum Gasteiger partial charge on any atom is 0.261 e. The van der Waals surface area contributed by atoms with Gasteiger partial charge in [-0.2, -0.15) is 10.2 Å². The number of carbonyl (C=O) groups excluding carboxylic acids is 1. The lowest BCUT2D eigenvalue weighted by Gasteiger charge is -2.27. The van der Waals surface area contributed by atoms with E-state index in [4.69, 9.17) is 0 Å². The molecule has 12 heteroatoms. The number of aromatic amines is 1. The fourth-order valence-electron chi connectivity index (χ4n) is 4.85. The Morgan fingerprint density at radius 3 is 3.00 bits per heavy atom. The molecule has 0 fully saturated rings. The third kappa shape index (κ3) is 3.77. The molecule has 7 heterocycles. The van der Waals surface area contributed by atoms with Crippen LogP contribution in [0.4, 0.5) is 5.69 Å². The van der Waals surface area contributed by atoms with Gasteiger partial charge in [-0.15, -0.1) is 11.3 Å².